The van der Waals surface area contributed by atoms with Gasteiger partial charge in [-0.05, 0) is 68.2 Å². The third kappa shape index (κ3) is 6.26. The molecule has 2 saturated carbocycles. The molecule has 0 radical (unpaired) electrons. The predicted molar refractivity (Wildman–Crippen MR) is 126 cm³/mol. The van der Waals surface area contributed by atoms with E-state index in [0.717, 1.165) is 18.4 Å². The van der Waals surface area contributed by atoms with E-state index in [1.807, 2.05) is 6.07 Å². The molecule has 1 aromatic heterocycles. The number of carbonyl (C=O) groups is 3. The minimum absolute atomic E-state index is 0.0637. The third-order valence-electron chi connectivity index (χ3n) is 6.29. The number of halogens is 1. The molecule has 8 nitrogen and oxygen atoms in total. The number of nitrogens with one attached hydrogen (secondary N) is 2. The van der Waals surface area contributed by atoms with E-state index in [1.165, 1.54) is 6.20 Å². The molecule has 0 spiro atoms. The molecule has 2 amide bonds. The van der Waals surface area contributed by atoms with E-state index >= 15 is 0 Å². The van der Waals surface area contributed by atoms with Crippen molar-refractivity contribution in [3.8, 4) is 5.88 Å². The van der Waals surface area contributed by atoms with Crippen molar-refractivity contribution in [1.29, 1.82) is 0 Å². The van der Waals surface area contributed by atoms with Crippen LogP contribution in [-0.4, -0.2) is 47.1 Å². The molecule has 180 valence electrons. The van der Waals surface area contributed by atoms with Crippen LogP contribution in [0.2, 0.25) is 5.02 Å². The molecule has 9 heteroatoms. The Morgan fingerprint density at radius 2 is 1.59 bits per heavy atom. The van der Waals surface area contributed by atoms with E-state index in [4.69, 9.17) is 21.4 Å². The average Bonchev–Trinajstić information content (AvgIpc) is 3.67. The summed E-state index contributed by atoms with van der Waals surface area (Å²) in [6.45, 7) is 0.545. The molecule has 0 unspecified atom stereocenters. The summed E-state index contributed by atoms with van der Waals surface area (Å²) < 4.78 is 5.82. The Balaban J connectivity index is 1.17. The van der Waals surface area contributed by atoms with Gasteiger partial charge in [0.1, 0.15) is 6.10 Å². The fourth-order valence-electron chi connectivity index (χ4n) is 4.13. The number of ether oxygens (including phenoxy) is 1. The average molecular weight is 486 g/mol. The van der Waals surface area contributed by atoms with Crippen LogP contribution in [0.1, 0.15) is 70.7 Å². The van der Waals surface area contributed by atoms with Gasteiger partial charge < -0.3 is 20.5 Å². The number of rotatable bonds is 9. The Bertz CT molecular complexity index is 1050. The first kappa shape index (κ1) is 24.0. The van der Waals surface area contributed by atoms with Gasteiger partial charge in [-0.15, -0.1) is 0 Å². The van der Waals surface area contributed by atoms with Crippen molar-refractivity contribution in [2.75, 3.05) is 13.1 Å². The molecule has 0 atom stereocenters. The second kappa shape index (κ2) is 10.9. The summed E-state index contributed by atoms with van der Waals surface area (Å²) in [6, 6.07) is 8.65. The maximum atomic E-state index is 12.3. The molecular weight excluding hydrogens is 458 g/mol. The zero-order valence-corrected chi connectivity index (χ0v) is 19.5. The molecule has 0 aliphatic heterocycles. The lowest BCUT2D eigenvalue weighted by molar-refractivity contribution is -0.143. The van der Waals surface area contributed by atoms with Crippen molar-refractivity contribution in [3.05, 3.63) is 58.2 Å². The number of carboxylic acids is 1. The number of aliphatic carboxylic acids is 1. The molecule has 34 heavy (non-hydrogen) atoms. The van der Waals surface area contributed by atoms with E-state index in [-0.39, 0.29) is 36.9 Å². The molecule has 3 N–H and O–H groups in total. The van der Waals surface area contributed by atoms with Crippen LogP contribution >= 0.6 is 11.6 Å². The lowest BCUT2D eigenvalue weighted by Crippen LogP contribution is -2.34. The van der Waals surface area contributed by atoms with Crippen molar-refractivity contribution in [3.63, 3.8) is 0 Å². The lowest BCUT2D eigenvalue weighted by Gasteiger charge is -2.26. The fourth-order valence-corrected chi connectivity index (χ4v) is 4.47. The molecule has 1 heterocycles. The van der Waals surface area contributed by atoms with Crippen LogP contribution in [-0.2, 0) is 4.79 Å². The predicted octanol–water partition coefficient (Wildman–Crippen LogP) is 3.79. The van der Waals surface area contributed by atoms with Crippen molar-refractivity contribution >= 4 is 29.4 Å². The number of amides is 2. The SMILES string of the molecule is O=C(NCCNC(=O)c1ccc(C2CC2)c(Cl)c1)c1ccc(OC2CCC(C(=O)O)CC2)nc1. The van der Waals surface area contributed by atoms with Crippen LogP contribution in [0.5, 0.6) is 5.88 Å². The van der Waals surface area contributed by atoms with Gasteiger partial charge in [-0.3, -0.25) is 14.4 Å². The summed E-state index contributed by atoms with van der Waals surface area (Å²) in [7, 11) is 0. The van der Waals surface area contributed by atoms with Gasteiger partial charge in [0.2, 0.25) is 5.88 Å². The molecule has 4 rings (SSSR count). The minimum atomic E-state index is -0.751. The summed E-state index contributed by atoms with van der Waals surface area (Å²) in [5, 5.41) is 15.2. The van der Waals surface area contributed by atoms with Crippen molar-refractivity contribution in [2.24, 2.45) is 5.92 Å². The molecule has 0 saturated heterocycles. The Hall–Kier alpha value is -3.13. The smallest absolute Gasteiger partial charge is 0.306 e. The van der Waals surface area contributed by atoms with Crippen molar-refractivity contribution in [2.45, 2.75) is 50.5 Å². The van der Waals surface area contributed by atoms with Crippen molar-refractivity contribution in [1.82, 2.24) is 15.6 Å². The Kier molecular flexibility index (Phi) is 7.67. The molecule has 1 aromatic carbocycles. The van der Waals surface area contributed by atoms with Gasteiger partial charge >= 0.3 is 5.97 Å². The van der Waals surface area contributed by atoms with E-state index in [2.05, 4.69) is 15.6 Å². The number of hydrogen-bond acceptors (Lipinski definition) is 5. The van der Waals surface area contributed by atoms with Gasteiger partial charge in [-0.2, -0.15) is 0 Å². The van der Waals surface area contributed by atoms with E-state index in [9.17, 15) is 14.4 Å². The van der Waals surface area contributed by atoms with Crippen LogP contribution in [0.15, 0.2) is 36.5 Å². The summed E-state index contributed by atoms with van der Waals surface area (Å²) in [6.07, 6.45) is 6.19. The van der Waals surface area contributed by atoms with Crippen LogP contribution in [0.3, 0.4) is 0 Å². The quantitative estimate of drug-likeness (QED) is 0.465. The van der Waals surface area contributed by atoms with Gasteiger partial charge in [0.15, 0.2) is 0 Å². The highest BCUT2D eigenvalue weighted by atomic mass is 35.5. The van der Waals surface area contributed by atoms with Crippen molar-refractivity contribution < 1.29 is 24.2 Å². The van der Waals surface area contributed by atoms with E-state index < -0.39 is 5.97 Å². The van der Waals surface area contributed by atoms with Gasteiger partial charge in [-0.1, -0.05) is 17.7 Å². The normalized spacial score (nSPS) is 19.8. The number of carbonyl (C=O) groups excluding carboxylic acids is 2. The first-order valence-electron chi connectivity index (χ1n) is 11.6. The van der Waals surface area contributed by atoms with Gasteiger partial charge in [0, 0.05) is 35.9 Å². The Labute approximate surface area is 203 Å². The highest BCUT2D eigenvalue weighted by molar-refractivity contribution is 6.31. The second-order valence-corrected chi connectivity index (χ2v) is 9.24. The number of hydrogen-bond donors (Lipinski definition) is 3. The Morgan fingerprint density at radius 1 is 0.941 bits per heavy atom. The number of carboxylic acid groups (broad SMARTS) is 1. The van der Waals surface area contributed by atoms with Crippen LogP contribution in [0.25, 0.3) is 0 Å². The molecular formula is C25H28ClN3O5. The fraction of sp³-hybridized carbons (Fsp3) is 0.440. The molecule has 2 aliphatic rings. The van der Waals surface area contributed by atoms with Crippen LogP contribution in [0, 0.1) is 5.92 Å². The number of pyridine rings is 1. The third-order valence-corrected chi connectivity index (χ3v) is 6.61. The molecule has 2 aliphatic carbocycles. The van der Waals surface area contributed by atoms with E-state index in [0.29, 0.717) is 53.6 Å². The highest BCUT2D eigenvalue weighted by Gasteiger charge is 2.27. The highest BCUT2D eigenvalue weighted by Crippen LogP contribution is 2.43. The molecule has 0 bridgehead atoms. The first-order valence-corrected chi connectivity index (χ1v) is 12.0. The summed E-state index contributed by atoms with van der Waals surface area (Å²) >= 11 is 6.29. The monoisotopic (exact) mass is 485 g/mol. The van der Waals surface area contributed by atoms with Crippen LogP contribution in [0.4, 0.5) is 0 Å². The number of nitrogens with zero attached hydrogens (tertiary/aromatic N) is 1. The Morgan fingerprint density at radius 3 is 2.15 bits per heavy atom. The van der Waals surface area contributed by atoms with Gasteiger partial charge in [-0.25, -0.2) is 4.98 Å². The topological polar surface area (TPSA) is 118 Å². The number of aromatic nitrogens is 1. The van der Waals surface area contributed by atoms with Crippen LogP contribution < -0.4 is 15.4 Å². The molecule has 2 aromatic rings. The standard InChI is InChI=1S/C25H28ClN3O5/c26-21-13-17(5-9-20(21)15-1-2-15)23(30)27-11-12-28-24(31)18-6-10-22(29-14-18)34-19-7-3-16(4-8-19)25(32)33/h5-6,9-10,13-16,19H,1-4,7-8,11-12H2,(H,27,30)(H,28,31)(H,32,33). The zero-order chi connectivity index (χ0) is 24.1. The van der Waals surface area contributed by atoms with Gasteiger partial charge in [0.05, 0.1) is 11.5 Å². The largest absolute Gasteiger partial charge is 0.481 e. The number of benzene rings is 1. The van der Waals surface area contributed by atoms with E-state index in [1.54, 1.807) is 24.3 Å². The maximum absolute atomic E-state index is 12.3. The summed E-state index contributed by atoms with van der Waals surface area (Å²) in [5.74, 6) is -0.651. The second-order valence-electron chi connectivity index (χ2n) is 8.84. The van der Waals surface area contributed by atoms with Gasteiger partial charge in [0.25, 0.3) is 11.8 Å². The first-order chi connectivity index (χ1) is 16.4. The zero-order valence-electron chi connectivity index (χ0n) is 18.8. The molecule has 2 fully saturated rings. The maximum Gasteiger partial charge on any atom is 0.306 e. The summed E-state index contributed by atoms with van der Waals surface area (Å²) in [5.41, 5.74) is 1.98. The minimum Gasteiger partial charge on any atom is -0.481 e. The summed E-state index contributed by atoms with van der Waals surface area (Å²) in [4.78, 5) is 39.9. The lowest BCUT2D eigenvalue weighted by atomic mass is 9.87.